The minimum absolute atomic E-state index is 0.0759. The van der Waals surface area contributed by atoms with Gasteiger partial charge in [-0.05, 0) is 85.8 Å². The smallest absolute Gasteiger partial charge is 0.306 e. The summed E-state index contributed by atoms with van der Waals surface area (Å²) in [6, 6.07) is 12.9. The molecule has 8 heteroatoms. The van der Waals surface area contributed by atoms with Gasteiger partial charge in [-0.1, -0.05) is 35.9 Å². The summed E-state index contributed by atoms with van der Waals surface area (Å²) in [7, 11) is 0. The molecule has 2 aromatic rings. The van der Waals surface area contributed by atoms with Crippen LogP contribution < -0.4 is 4.74 Å². The molecule has 1 saturated carbocycles. The Kier molecular flexibility index (Phi) is 9.11. The van der Waals surface area contributed by atoms with Crippen molar-refractivity contribution in [3.63, 3.8) is 0 Å². The molecule has 0 radical (unpaired) electrons. The Balaban J connectivity index is 1.26. The highest BCUT2D eigenvalue weighted by Crippen LogP contribution is 2.35. The van der Waals surface area contributed by atoms with Gasteiger partial charge in [0.1, 0.15) is 5.75 Å². The minimum atomic E-state index is -0.669. The van der Waals surface area contributed by atoms with E-state index in [9.17, 15) is 19.5 Å². The molecule has 40 heavy (non-hydrogen) atoms. The standard InChI is InChI=1S/C32H39ClN2O5/c1-21(26-10-11-29-27(18-26)14-16-40-29)34(19-22-4-8-25(9-5-22)32(38)39)20-23-6-7-24(28(33)17-23)3-2-15-35-30(36)12-13-31(35)37/h6-7,10-11,17-18,21-22,25H,2-5,8-9,12-16,19-20H2,1H3,(H,38,39). The number of carbonyl (C=O) groups excluding carboxylic acids is 2. The molecule has 2 fully saturated rings. The van der Waals surface area contributed by atoms with Gasteiger partial charge in [-0.2, -0.15) is 0 Å². The lowest BCUT2D eigenvalue weighted by molar-refractivity contribution is -0.143. The maximum absolute atomic E-state index is 11.9. The van der Waals surface area contributed by atoms with Crippen molar-refractivity contribution in [2.45, 2.75) is 77.3 Å². The summed E-state index contributed by atoms with van der Waals surface area (Å²) in [4.78, 5) is 39.1. The Bertz CT molecular complexity index is 1240. The molecule has 2 aliphatic heterocycles. The highest BCUT2D eigenvalue weighted by molar-refractivity contribution is 6.31. The molecule has 1 aliphatic carbocycles. The van der Waals surface area contributed by atoms with Crippen LogP contribution in [0.25, 0.3) is 0 Å². The van der Waals surface area contributed by atoms with Crippen molar-refractivity contribution in [3.8, 4) is 5.75 Å². The Hall–Kier alpha value is -2.90. The van der Waals surface area contributed by atoms with Crippen LogP contribution in [0.2, 0.25) is 5.02 Å². The largest absolute Gasteiger partial charge is 0.493 e. The van der Waals surface area contributed by atoms with Gasteiger partial charge in [-0.3, -0.25) is 24.2 Å². The first-order chi connectivity index (χ1) is 19.3. The van der Waals surface area contributed by atoms with Crippen LogP contribution in [0.1, 0.15) is 80.2 Å². The molecule has 3 aliphatic rings. The number of halogens is 1. The first kappa shape index (κ1) is 28.6. The predicted octanol–water partition coefficient (Wildman–Crippen LogP) is 5.81. The van der Waals surface area contributed by atoms with Gasteiger partial charge in [0.25, 0.3) is 0 Å². The molecule has 1 saturated heterocycles. The third-order valence-electron chi connectivity index (χ3n) is 8.92. The quantitative estimate of drug-likeness (QED) is 0.345. The van der Waals surface area contributed by atoms with Crippen LogP contribution in [-0.4, -0.2) is 52.4 Å². The van der Waals surface area contributed by atoms with Gasteiger partial charge in [0.05, 0.1) is 12.5 Å². The number of benzene rings is 2. The van der Waals surface area contributed by atoms with Crippen LogP contribution >= 0.6 is 11.6 Å². The number of carboxylic acid groups (broad SMARTS) is 1. The van der Waals surface area contributed by atoms with Gasteiger partial charge in [0, 0.05) is 50.0 Å². The summed E-state index contributed by atoms with van der Waals surface area (Å²) in [5.74, 6) is 0.405. The maximum Gasteiger partial charge on any atom is 0.306 e. The fourth-order valence-electron chi connectivity index (χ4n) is 6.39. The number of aliphatic carboxylic acids is 1. The second-order valence-corrected chi connectivity index (χ2v) is 12.0. The summed E-state index contributed by atoms with van der Waals surface area (Å²) in [6.07, 6.45) is 6.33. The number of ether oxygens (including phenoxy) is 1. The molecule has 214 valence electrons. The molecule has 1 unspecified atom stereocenters. The first-order valence-electron chi connectivity index (χ1n) is 14.6. The number of nitrogens with zero attached hydrogens (tertiary/aromatic N) is 2. The number of imide groups is 1. The van der Waals surface area contributed by atoms with Gasteiger partial charge in [-0.15, -0.1) is 0 Å². The molecule has 0 aromatic heterocycles. The molecule has 0 bridgehead atoms. The van der Waals surface area contributed by atoms with Gasteiger partial charge in [0.2, 0.25) is 11.8 Å². The minimum Gasteiger partial charge on any atom is -0.493 e. The molecular formula is C32H39ClN2O5. The zero-order chi connectivity index (χ0) is 28.2. The Morgan fingerprint density at radius 2 is 1.82 bits per heavy atom. The van der Waals surface area contributed by atoms with Crippen molar-refractivity contribution >= 4 is 29.4 Å². The van der Waals surface area contributed by atoms with Crippen molar-refractivity contribution in [1.82, 2.24) is 9.80 Å². The number of rotatable bonds is 11. The fraction of sp³-hybridized carbons (Fsp3) is 0.531. The van der Waals surface area contributed by atoms with Crippen molar-refractivity contribution in [2.24, 2.45) is 11.8 Å². The molecule has 2 amide bonds. The number of carbonyl (C=O) groups is 3. The number of amides is 2. The van der Waals surface area contributed by atoms with Gasteiger partial charge in [-0.25, -0.2) is 0 Å². The van der Waals surface area contributed by atoms with Crippen molar-refractivity contribution in [2.75, 3.05) is 19.7 Å². The number of hydrogen-bond donors (Lipinski definition) is 1. The summed E-state index contributed by atoms with van der Waals surface area (Å²) in [6.45, 7) is 5.07. The maximum atomic E-state index is 11.9. The van der Waals surface area contributed by atoms with Crippen molar-refractivity contribution in [3.05, 3.63) is 63.7 Å². The predicted molar refractivity (Wildman–Crippen MR) is 153 cm³/mol. The van der Waals surface area contributed by atoms with Crippen LogP contribution in [-0.2, 0) is 33.8 Å². The van der Waals surface area contributed by atoms with Crippen LogP contribution in [0.15, 0.2) is 36.4 Å². The van der Waals surface area contributed by atoms with E-state index in [1.807, 2.05) is 6.07 Å². The zero-order valence-corrected chi connectivity index (χ0v) is 24.0. The number of hydrogen-bond acceptors (Lipinski definition) is 5. The van der Waals surface area contributed by atoms with Gasteiger partial charge >= 0.3 is 5.97 Å². The van der Waals surface area contributed by atoms with Crippen LogP contribution in [0.5, 0.6) is 5.75 Å². The lowest BCUT2D eigenvalue weighted by atomic mass is 9.81. The lowest BCUT2D eigenvalue weighted by Crippen LogP contribution is -2.34. The van der Waals surface area contributed by atoms with E-state index in [0.29, 0.717) is 43.2 Å². The van der Waals surface area contributed by atoms with Crippen LogP contribution in [0.3, 0.4) is 0 Å². The molecule has 7 nitrogen and oxygen atoms in total. The normalized spacial score (nSPS) is 21.5. The van der Waals surface area contributed by atoms with E-state index in [-0.39, 0.29) is 23.8 Å². The Labute approximate surface area is 241 Å². The molecule has 2 heterocycles. The van der Waals surface area contributed by atoms with E-state index in [1.54, 1.807) is 0 Å². The summed E-state index contributed by atoms with van der Waals surface area (Å²) in [5, 5.41) is 10.1. The van der Waals surface area contributed by atoms with E-state index in [1.165, 1.54) is 16.0 Å². The second kappa shape index (κ2) is 12.7. The number of fused-ring (bicyclic) bond motifs is 1. The monoisotopic (exact) mass is 566 g/mol. The van der Waals surface area contributed by atoms with Crippen molar-refractivity contribution in [1.29, 1.82) is 0 Å². The number of carboxylic acids is 1. The summed E-state index contributed by atoms with van der Waals surface area (Å²) >= 11 is 6.73. The number of likely N-dealkylation sites (tertiary alicyclic amines) is 1. The van der Waals surface area contributed by atoms with Crippen LogP contribution in [0, 0.1) is 11.8 Å². The van der Waals surface area contributed by atoms with Crippen molar-refractivity contribution < 1.29 is 24.2 Å². The molecule has 2 aromatic carbocycles. The SMILES string of the molecule is CC(c1ccc2c(c1)CCO2)N(Cc1ccc(CCCN2C(=O)CCC2=O)c(Cl)c1)CC1CCC(C(=O)O)CC1. The zero-order valence-electron chi connectivity index (χ0n) is 23.2. The average Bonchev–Trinajstić information content (AvgIpc) is 3.55. The second-order valence-electron chi connectivity index (χ2n) is 11.6. The first-order valence-corrected chi connectivity index (χ1v) is 15.0. The highest BCUT2D eigenvalue weighted by atomic mass is 35.5. The van der Waals surface area contributed by atoms with E-state index >= 15 is 0 Å². The van der Waals surface area contributed by atoms with E-state index in [0.717, 1.165) is 68.7 Å². The topological polar surface area (TPSA) is 87.2 Å². The van der Waals surface area contributed by atoms with E-state index in [2.05, 4.69) is 42.2 Å². The third-order valence-corrected chi connectivity index (χ3v) is 9.27. The molecular weight excluding hydrogens is 528 g/mol. The summed E-state index contributed by atoms with van der Waals surface area (Å²) in [5.41, 5.74) is 4.68. The Morgan fingerprint density at radius 1 is 1.07 bits per heavy atom. The van der Waals surface area contributed by atoms with E-state index < -0.39 is 5.97 Å². The van der Waals surface area contributed by atoms with Crippen LogP contribution in [0.4, 0.5) is 0 Å². The molecule has 1 atom stereocenters. The molecule has 1 N–H and O–H groups in total. The fourth-order valence-corrected chi connectivity index (χ4v) is 6.68. The Morgan fingerprint density at radius 3 is 2.52 bits per heavy atom. The average molecular weight is 567 g/mol. The highest BCUT2D eigenvalue weighted by Gasteiger charge is 2.30. The molecule has 5 rings (SSSR count). The van der Waals surface area contributed by atoms with Gasteiger partial charge in [0.15, 0.2) is 0 Å². The lowest BCUT2D eigenvalue weighted by Gasteiger charge is -2.35. The molecule has 0 spiro atoms. The summed E-state index contributed by atoms with van der Waals surface area (Å²) < 4.78 is 5.72. The van der Waals surface area contributed by atoms with E-state index in [4.69, 9.17) is 16.3 Å². The third kappa shape index (κ3) is 6.69. The van der Waals surface area contributed by atoms with Gasteiger partial charge < -0.3 is 9.84 Å². The number of aryl methyl sites for hydroxylation is 1.